The number of aliphatic hydroxyl groups is 2. The molecule has 5 N–H and O–H groups in total. The first-order valence-electron chi connectivity index (χ1n) is 12.4. The molecule has 0 amide bonds. The first kappa shape index (κ1) is 30.1. The monoisotopic (exact) mass is 535 g/mol. The average Bonchev–Trinajstić information content (AvgIpc) is 2.88. The van der Waals surface area contributed by atoms with Crippen LogP contribution in [0.4, 0.5) is 11.4 Å². The van der Waals surface area contributed by atoms with Gasteiger partial charge < -0.3 is 20.7 Å². The first-order valence-corrected chi connectivity index (χ1v) is 13.8. The van der Waals surface area contributed by atoms with Crippen LogP contribution in [-0.2, 0) is 16.6 Å². The van der Waals surface area contributed by atoms with Gasteiger partial charge in [-0.25, -0.2) is 8.42 Å². The molecule has 0 fully saturated rings. The summed E-state index contributed by atoms with van der Waals surface area (Å²) in [6.45, 7) is 4.92. The highest BCUT2D eigenvalue weighted by Crippen LogP contribution is 2.26. The van der Waals surface area contributed by atoms with Crippen molar-refractivity contribution < 1.29 is 23.7 Å². The van der Waals surface area contributed by atoms with Gasteiger partial charge in [-0.1, -0.05) is 33.1 Å². The molecule has 204 valence electrons. The molecule has 11 nitrogen and oxygen atoms in total. The summed E-state index contributed by atoms with van der Waals surface area (Å²) >= 11 is 0. The second-order valence-corrected chi connectivity index (χ2v) is 10.7. The fourth-order valence-corrected chi connectivity index (χ4v) is 5.44. The molecule has 1 heterocycles. The molecule has 1 aromatic heterocycles. The third-order valence-corrected chi connectivity index (χ3v) is 8.22. The number of sulfonamides is 1. The van der Waals surface area contributed by atoms with Gasteiger partial charge in [0.2, 0.25) is 15.9 Å². The van der Waals surface area contributed by atoms with Crippen molar-refractivity contribution >= 4 is 21.4 Å². The maximum absolute atomic E-state index is 13.3. The molecule has 0 aliphatic heterocycles. The topological polar surface area (TPSA) is 168 Å². The maximum Gasteiger partial charge on any atom is 0.278 e. The van der Waals surface area contributed by atoms with Gasteiger partial charge in [-0.2, -0.15) is 9.57 Å². The zero-order valence-corrected chi connectivity index (χ0v) is 22.4. The predicted molar refractivity (Wildman–Crippen MR) is 142 cm³/mol. The Morgan fingerprint density at radius 3 is 2.24 bits per heavy atom. The molecule has 12 heteroatoms. The van der Waals surface area contributed by atoms with E-state index in [0.717, 1.165) is 30.0 Å². The lowest BCUT2D eigenvalue weighted by Gasteiger charge is -2.21. The van der Waals surface area contributed by atoms with Gasteiger partial charge >= 0.3 is 0 Å². The first-order chi connectivity index (χ1) is 17.7. The highest BCUT2D eigenvalue weighted by atomic mass is 32.2. The molecule has 2 rings (SSSR count). The van der Waals surface area contributed by atoms with Gasteiger partial charge in [-0.05, 0) is 43.5 Å². The number of aliphatic hydroxyl groups excluding tert-OH is 2. The van der Waals surface area contributed by atoms with Crippen molar-refractivity contribution in [1.29, 1.82) is 5.26 Å². The Hall–Kier alpha value is -3.11. The fraction of sp³-hybridized carbons (Fsp3) is 0.520. The van der Waals surface area contributed by atoms with E-state index in [1.54, 1.807) is 6.92 Å². The molecule has 0 saturated carbocycles. The number of rotatable bonds is 15. The van der Waals surface area contributed by atoms with E-state index in [0.29, 0.717) is 11.3 Å². The Kier molecular flexibility index (Phi) is 11.4. The summed E-state index contributed by atoms with van der Waals surface area (Å²) in [7, 11) is -3.92. The number of nitriles is 1. The van der Waals surface area contributed by atoms with Crippen molar-refractivity contribution in [3.05, 3.63) is 45.7 Å². The molecule has 1 aromatic carbocycles. The minimum absolute atomic E-state index is 0.00328. The van der Waals surface area contributed by atoms with Gasteiger partial charge in [0.1, 0.15) is 17.3 Å². The molecule has 2 aromatic rings. The van der Waals surface area contributed by atoms with Crippen LogP contribution >= 0.6 is 0 Å². The van der Waals surface area contributed by atoms with Crippen LogP contribution in [0.3, 0.4) is 0 Å². The van der Waals surface area contributed by atoms with Gasteiger partial charge in [-0.15, -0.1) is 0 Å². The number of unbranched alkanes of at least 4 members (excludes halogenated alkanes) is 1. The van der Waals surface area contributed by atoms with Crippen LogP contribution in [0.15, 0.2) is 34.0 Å². The quantitative estimate of drug-likeness (QED) is 0.215. The largest absolute Gasteiger partial charge is 0.493 e. The smallest absolute Gasteiger partial charge is 0.278 e. The maximum atomic E-state index is 13.3. The van der Waals surface area contributed by atoms with E-state index in [-0.39, 0.29) is 60.8 Å². The number of aromatic nitrogens is 1. The highest BCUT2D eigenvalue weighted by Gasteiger charge is 2.24. The fourth-order valence-electron chi connectivity index (χ4n) is 4.01. The Morgan fingerprint density at radius 1 is 1.11 bits per heavy atom. The lowest BCUT2D eigenvalue weighted by Crippen LogP contribution is -2.35. The number of nitrogens with one attached hydrogen (secondary N) is 2. The van der Waals surface area contributed by atoms with Crippen molar-refractivity contribution in [2.45, 2.75) is 57.9 Å². The molecule has 0 saturated heterocycles. The van der Waals surface area contributed by atoms with Gasteiger partial charge in [0.05, 0.1) is 23.8 Å². The number of nitrogens with zero attached hydrogens (tertiary/aromatic N) is 3. The number of anilines is 2. The third-order valence-electron chi connectivity index (χ3n) is 6.31. The zero-order chi connectivity index (χ0) is 27.6. The SMILES string of the molecule is CCCCC(CC)Cn1c(O)c(C#N)c(C)c(NNc2ccc(S(=O)(=O)N(CCO)CCO)cc2)c1=O. The van der Waals surface area contributed by atoms with Crippen molar-refractivity contribution in [3.63, 3.8) is 0 Å². The summed E-state index contributed by atoms with van der Waals surface area (Å²) < 4.78 is 27.8. The standard InChI is InChI=1S/C25H37N5O6S/c1-4-6-7-19(5-2)17-30-24(33)22(16-26)18(3)23(25(30)34)28-27-20-8-10-21(11-9-20)37(35,36)29(12-14-31)13-15-32/h8-11,19,27-28,31-33H,4-7,12-15,17H2,1-3H3. The van der Waals surface area contributed by atoms with E-state index in [9.17, 15) is 23.6 Å². The normalized spacial score (nSPS) is 12.4. The molecule has 0 spiro atoms. The summed E-state index contributed by atoms with van der Waals surface area (Å²) in [6.07, 6.45) is 3.75. The number of hydrogen-bond acceptors (Lipinski definition) is 9. The van der Waals surface area contributed by atoms with Crippen LogP contribution in [0.1, 0.15) is 50.7 Å². The summed E-state index contributed by atoms with van der Waals surface area (Å²) in [4.78, 5) is 13.3. The van der Waals surface area contributed by atoms with E-state index in [4.69, 9.17) is 10.2 Å². The van der Waals surface area contributed by atoms with Crippen LogP contribution in [0, 0.1) is 24.2 Å². The molecule has 0 aliphatic carbocycles. The molecule has 0 radical (unpaired) electrons. The van der Waals surface area contributed by atoms with Gasteiger partial charge in [0.15, 0.2) is 0 Å². The third kappa shape index (κ3) is 7.23. The molecule has 0 aliphatic rings. The van der Waals surface area contributed by atoms with Crippen LogP contribution in [0.5, 0.6) is 5.88 Å². The van der Waals surface area contributed by atoms with E-state index in [2.05, 4.69) is 17.8 Å². The second-order valence-electron chi connectivity index (χ2n) is 8.77. The molecule has 1 atom stereocenters. The zero-order valence-electron chi connectivity index (χ0n) is 21.6. The van der Waals surface area contributed by atoms with Gasteiger partial charge in [-0.3, -0.25) is 14.8 Å². The number of hydrazine groups is 1. The second kappa shape index (κ2) is 14.0. The van der Waals surface area contributed by atoms with Crippen molar-refractivity contribution in [3.8, 4) is 11.9 Å². The summed E-state index contributed by atoms with van der Waals surface area (Å²) in [6, 6.07) is 7.69. The Labute approximate surface area is 218 Å². The van der Waals surface area contributed by atoms with Crippen LogP contribution in [0.2, 0.25) is 0 Å². The summed E-state index contributed by atoms with van der Waals surface area (Å²) in [5, 5.41) is 38.6. The Morgan fingerprint density at radius 2 is 1.73 bits per heavy atom. The van der Waals surface area contributed by atoms with E-state index in [1.807, 2.05) is 13.0 Å². The van der Waals surface area contributed by atoms with Crippen LogP contribution in [0.25, 0.3) is 0 Å². The minimum Gasteiger partial charge on any atom is -0.493 e. The molecule has 37 heavy (non-hydrogen) atoms. The summed E-state index contributed by atoms with van der Waals surface area (Å²) in [5.74, 6) is -0.181. The number of hydrogen-bond donors (Lipinski definition) is 5. The minimum atomic E-state index is -3.92. The molecule has 1 unspecified atom stereocenters. The average molecular weight is 536 g/mol. The number of pyridine rings is 1. The Bertz CT molecular complexity index is 1230. The number of aromatic hydroxyl groups is 1. The van der Waals surface area contributed by atoms with Crippen molar-refractivity contribution in [1.82, 2.24) is 8.87 Å². The molecular formula is C25H37N5O6S. The van der Waals surface area contributed by atoms with Crippen molar-refractivity contribution in [2.24, 2.45) is 5.92 Å². The lowest BCUT2D eigenvalue weighted by atomic mass is 9.99. The summed E-state index contributed by atoms with van der Waals surface area (Å²) in [5.41, 5.74) is 6.05. The van der Waals surface area contributed by atoms with Crippen molar-refractivity contribution in [2.75, 3.05) is 37.2 Å². The lowest BCUT2D eigenvalue weighted by molar-refractivity contribution is 0.217. The Balaban J connectivity index is 2.32. The predicted octanol–water partition coefficient (Wildman–Crippen LogP) is 2.36. The van der Waals surface area contributed by atoms with E-state index in [1.165, 1.54) is 28.8 Å². The van der Waals surface area contributed by atoms with E-state index >= 15 is 0 Å². The van der Waals surface area contributed by atoms with Gasteiger partial charge in [0, 0.05) is 25.2 Å². The van der Waals surface area contributed by atoms with Crippen LogP contribution in [-0.4, -0.2) is 58.9 Å². The molecule has 0 bridgehead atoms. The van der Waals surface area contributed by atoms with Crippen LogP contribution < -0.4 is 16.4 Å². The van der Waals surface area contributed by atoms with Gasteiger partial charge in [0.25, 0.3) is 5.56 Å². The number of benzene rings is 1. The molecular weight excluding hydrogens is 498 g/mol. The highest BCUT2D eigenvalue weighted by molar-refractivity contribution is 7.89. The van der Waals surface area contributed by atoms with E-state index < -0.39 is 15.6 Å².